The Bertz CT molecular complexity index is 486. The summed E-state index contributed by atoms with van der Waals surface area (Å²) in [5, 5.41) is 2.63. The summed E-state index contributed by atoms with van der Waals surface area (Å²) in [6, 6.07) is 2.25. The van der Waals surface area contributed by atoms with E-state index in [-0.39, 0.29) is 22.9 Å². The maximum absolute atomic E-state index is 10.8. The summed E-state index contributed by atoms with van der Waals surface area (Å²) < 4.78 is 9.29. The fraction of sp³-hybridized carbons (Fsp3) is 0.111. The molecule has 0 aliphatic carbocycles. The molecule has 1 amide bonds. The van der Waals surface area contributed by atoms with Crippen molar-refractivity contribution in [3.63, 3.8) is 0 Å². The lowest BCUT2D eigenvalue weighted by atomic mass is 10.2. The van der Waals surface area contributed by atoms with Crippen molar-refractivity contribution in [1.29, 1.82) is 0 Å². The molecule has 1 aromatic rings. The number of carbonyl (C=O) groups excluding carboxylic acids is 2. The number of carbonyl (C=O) groups is 2. The quantitative estimate of drug-likeness (QED) is 0.350. The van der Waals surface area contributed by atoms with E-state index >= 15 is 0 Å². The topological polar surface area (TPSA) is 134 Å². The summed E-state index contributed by atoms with van der Waals surface area (Å²) in [6.07, 6.45) is -1.13. The number of rotatable bonds is 3. The van der Waals surface area contributed by atoms with Crippen LogP contribution in [0.5, 0.6) is 11.5 Å². The molecular formula is C9H9N3O5. The molecule has 0 unspecified atom stereocenters. The number of hydrogen-bond acceptors (Lipinski definition) is 7. The maximum Gasteiger partial charge on any atom is 0.410 e. The van der Waals surface area contributed by atoms with Gasteiger partial charge in [-0.3, -0.25) is 4.79 Å². The molecule has 1 rings (SSSR count). The van der Waals surface area contributed by atoms with Crippen LogP contribution in [0.3, 0.4) is 0 Å². The minimum Gasteiger partial charge on any atom is -0.423 e. The first-order valence-electron chi connectivity index (χ1n) is 4.36. The Hall–Kier alpha value is -2.64. The average molecular weight is 239 g/mol. The van der Waals surface area contributed by atoms with Crippen LogP contribution in [0, 0.1) is 4.91 Å². The first-order valence-corrected chi connectivity index (χ1v) is 4.36. The highest BCUT2D eigenvalue weighted by molar-refractivity contribution is 5.78. The van der Waals surface area contributed by atoms with Gasteiger partial charge in [-0.25, -0.2) is 4.79 Å². The molecule has 0 fully saturated rings. The standard InChI is InChI=1S/C9H9N3O5/c1-4(13)16-7-3-5(12-15)2-6(10)8(7)17-9(11)14/h2-3H,10H2,1H3,(H2,11,14). The van der Waals surface area contributed by atoms with E-state index in [2.05, 4.69) is 9.91 Å². The van der Waals surface area contributed by atoms with Crippen LogP contribution in [-0.2, 0) is 4.79 Å². The molecule has 0 aliphatic heterocycles. The third kappa shape index (κ3) is 3.16. The second-order valence-corrected chi connectivity index (χ2v) is 2.97. The van der Waals surface area contributed by atoms with Gasteiger partial charge in [-0.15, -0.1) is 4.91 Å². The van der Waals surface area contributed by atoms with Crippen molar-refractivity contribution in [1.82, 2.24) is 0 Å². The van der Waals surface area contributed by atoms with Gasteiger partial charge in [0.1, 0.15) is 5.69 Å². The number of primary amides is 1. The van der Waals surface area contributed by atoms with E-state index in [1.807, 2.05) is 0 Å². The van der Waals surface area contributed by atoms with Gasteiger partial charge in [0, 0.05) is 13.0 Å². The van der Waals surface area contributed by atoms with Crippen molar-refractivity contribution in [3.8, 4) is 11.5 Å². The number of nitrogens with zero attached hydrogens (tertiary/aromatic N) is 1. The Kier molecular flexibility index (Phi) is 3.60. The van der Waals surface area contributed by atoms with Gasteiger partial charge in [0.05, 0.1) is 5.69 Å². The number of benzene rings is 1. The first kappa shape index (κ1) is 12.4. The summed E-state index contributed by atoms with van der Waals surface area (Å²) in [4.78, 5) is 31.8. The molecule has 8 heteroatoms. The second-order valence-electron chi connectivity index (χ2n) is 2.97. The van der Waals surface area contributed by atoms with Gasteiger partial charge in [-0.1, -0.05) is 0 Å². The summed E-state index contributed by atoms with van der Waals surface area (Å²) >= 11 is 0. The van der Waals surface area contributed by atoms with Crippen LogP contribution in [0.1, 0.15) is 6.92 Å². The predicted octanol–water partition coefficient (Wildman–Crippen LogP) is 1.05. The molecule has 17 heavy (non-hydrogen) atoms. The van der Waals surface area contributed by atoms with Crippen LogP contribution in [0.25, 0.3) is 0 Å². The van der Waals surface area contributed by atoms with Crippen LogP contribution in [0.4, 0.5) is 16.2 Å². The van der Waals surface area contributed by atoms with Gasteiger partial charge in [0.2, 0.25) is 0 Å². The minimum atomic E-state index is -1.13. The fourth-order valence-corrected chi connectivity index (χ4v) is 1.10. The third-order valence-electron chi connectivity index (χ3n) is 1.63. The Morgan fingerprint density at radius 1 is 1.29 bits per heavy atom. The number of amides is 1. The monoisotopic (exact) mass is 239 g/mol. The van der Waals surface area contributed by atoms with E-state index in [4.69, 9.17) is 16.2 Å². The largest absolute Gasteiger partial charge is 0.423 e. The molecule has 1 aromatic carbocycles. The van der Waals surface area contributed by atoms with Gasteiger partial charge in [-0.2, -0.15) is 0 Å². The van der Waals surface area contributed by atoms with Crippen LogP contribution in [0.15, 0.2) is 17.3 Å². The molecule has 0 heterocycles. The van der Waals surface area contributed by atoms with Crippen LogP contribution in [0.2, 0.25) is 0 Å². The summed E-state index contributed by atoms with van der Waals surface area (Å²) in [5.74, 6) is -1.12. The zero-order valence-corrected chi connectivity index (χ0v) is 8.80. The van der Waals surface area contributed by atoms with E-state index in [1.54, 1.807) is 0 Å². The molecule has 8 nitrogen and oxygen atoms in total. The summed E-state index contributed by atoms with van der Waals surface area (Å²) in [6.45, 7) is 1.13. The van der Waals surface area contributed by atoms with Gasteiger partial charge in [-0.05, 0) is 11.2 Å². The van der Waals surface area contributed by atoms with E-state index < -0.39 is 12.1 Å². The number of esters is 1. The van der Waals surface area contributed by atoms with Crippen molar-refractivity contribution < 1.29 is 19.1 Å². The van der Waals surface area contributed by atoms with Crippen LogP contribution in [-0.4, -0.2) is 12.1 Å². The minimum absolute atomic E-state index is 0.0735. The van der Waals surface area contributed by atoms with E-state index in [1.165, 1.54) is 0 Å². The number of nitrogens with two attached hydrogens (primary N) is 2. The predicted molar refractivity (Wildman–Crippen MR) is 57.8 cm³/mol. The van der Waals surface area contributed by atoms with Gasteiger partial charge < -0.3 is 20.9 Å². The number of anilines is 1. The van der Waals surface area contributed by atoms with Gasteiger partial charge >= 0.3 is 12.1 Å². The number of nitroso groups, excluding NO2 is 1. The Morgan fingerprint density at radius 3 is 2.41 bits per heavy atom. The van der Waals surface area contributed by atoms with Crippen LogP contribution >= 0.6 is 0 Å². The average Bonchev–Trinajstić information content (AvgIpc) is 2.21. The van der Waals surface area contributed by atoms with Crippen molar-refractivity contribution in [2.24, 2.45) is 10.9 Å². The number of ether oxygens (including phenoxy) is 2. The van der Waals surface area contributed by atoms with Gasteiger partial charge in [0.15, 0.2) is 11.5 Å². The van der Waals surface area contributed by atoms with E-state index in [9.17, 15) is 14.5 Å². The highest BCUT2D eigenvalue weighted by Crippen LogP contribution is 2.38. The van der Waals surface area contributed by atoms with Crippen molar-refractivity contribution >= 4 is 23.4 Å². The van der Waals surface area contributed by atoms with Crippen molar-refractivity contribution in [3.05, 3.63) is 17.0 Å². The highest BCUT2D eigenvalue weighted by atomic mass is 16.6. The first-order chi connectivity index (χ1) is 7.93. The Morgan fingerprint density at radius 2 is 1.94 bits per heavy atom. The third-order valence-corrected chi connectivity index (χ3v) is 1.63. The molecule has 4 N–H and O–H groups in total. The molecule has 0 saturated carbocycles. The molecule has 0 radical (unpaired) electrons. The number of hydrogen-bond donors (Lipinski definition) is 2. The zero-order valence-electron chi connectivity index (χ0n) is 8.80. The zero-order chi connectivity index (χ0) is 13.0. The molecule has 0 bridgehead atoms. The second kappa shape index (κ2) is 4.92. The molecule has 0 aliphatic rings. The SMILES string of the molecule is CC(=O)Oc1cc(N=O)cc(N)c1OC(N)=O. The van der Waals surface area contributed by atoms with Crippen LogP contribution < -0.4 is 20.9 Å². The summed E-state index contributed by atoms with van der Waals surface area (Å²) in [5.41, 5.74) is 10.1. The molecule has 0 spiro atoms. The lowest BCUT2D eigenvalue weighted by Gasteiger charge is -2.10. The maximum atomic E-state index is 10.8. The molecule has 0 saturated heterocycles. The Balaban J connectivity index is 3.27. The summed E-state index contributed by atoms with van der Waals surface area (Å²) in [7, 11) is 0. The van der Waals surface area contributed by atoms with E-state index in [0.29, 0.717) is 0 Å². The lowest BCUT2D eigenvalue weighted by Crippen LogP contribution is -2.18. The fourth-order valence-electron chi connectivity index (χ4n) is 1.10. The molecular weight excluding hydrogens is 230 g/mol. The highest BCUT2D eigenvalue weighted by Gasteiger charge is 2.16. The molecule has 0 aromatic heterocycles. The lowest BCUT2D eigenvalue weighted by molar-refractivity contribution is -0.131. The van der Waals surface area contributed by atoms with Crippen molar-refractivity contribution in [2.75, 3.05) is 5.73 Å². The molecule has 0 atom stereocenters. The van der Waals surface area contributed by atoms with E-state index in [0.717, 1.165) is 19.1 Å². The van der Waals surface area contributed by atoms with Crippen molar-refractivity contribution in [2.45, 2.75) is 6.92 Å². The van der Waals surface area contributed by atoms with Gasteiger partial charge in [0.25, 0.3) is 0 Å². The Labute approximate surface area is 95.5 Å². The molecule has 90 valence electrons. The number of nitrogen functional groups attached to an aromatic ring is 1. The smallest absolute Gasteiger partial charge is 0.410 e. The normalized spacial score (nSPS) is 9.47.